The fourth-order valence-electron chi connectivity index (χ4n) is 1.22. The van der Waals surface area contributed by atoms with Gasteiger partial charge in [-0.1, -0.05) is 0 Å². The molecule has 4 heteroatoms. The van der Waals surface area contributed by atoms with Crippen LogP contribution in [0.4, 0.5) is 4.79 Å². The van der Waals surface area contributed by atoms with Gasteiger partial charge in [0.05, 0.1) is 12.0 Å². The molecule has 0 bridgehead atoms. The average molecular weight is 195 g/mol. The van der Waals surface area contributed by atoms with Crippen LogP contribution in [0.25, 0.3) is 0 Å². The highest BCUT2D eigenvalue weighted by atomic mass is 16.2. The molecule has 1 saturated carbocycles. The molecule has 1 atom stereocenters. The summed E-state index contributed by atoms with van der Waals surface area (Å²) in [6.45, 7) is 4.93. The van der Waals surface area contributed by atoms with Crippen LogP contribution in [0.2, 0.25) is 0 Å². The average Bonchev–Trinajstić information content (AvgIpc) is 2.97. The van der Waals surface area contributed by atoms with Crippen LogP contribution in [-0.4, -0.2) is 30.1 Å². The molecule has 0 unspecified atom stereocenters. The van der Waals surface area contributed by atoms with Crippen molar-refractivity contribution >= 4 is 6.03 Å². The first-order chi connectivity index (χ1) is 6.67. The third kappa shape index (κ3) is 3.25. The second-order valence-corrected chi connectivity index (χ2v) is 3.79. The molecule has 1 rings (SSSR count). The molecule has 2 amide bonds. The van der Waals surface area contributed by atoms with E-state index < -0.39 is 0 Å². The second kappa shape index (κ2) is 4.85. The molecule has 0 aliphatic heterocycles. The number of amides is 2. The van der Waals surface area contributed by atoms with E-state index >= 15 is 0 Å². The van der Waals surface area contributed by atoms with Gasteiger partial charge in [-0.05, 0) is 26.7 Å². The van der Waals surface area contributed by atoms with Gasteiger partial charge in [-0.2, -0.15) is 5.26 Å². The van der Waals surface area contributed by atoms with Gasteiger partial charge in [-0.25, -0.2) is 4.79 Å². The lowest BCUT2D eigenvalue weighted by Crippen LogP contribution is -2.42. The Kier molecular flexibility index (Phi) is 3.75. The van der Waals surface area contributed by atoms with Crippen molar-refractivity contribution in [2.45, 2.75) is 32.7 Å². The van der Waals surface area contributed by atoms with Crippen molar-refractivity contribution in [2.75, 3.05) is 13.1 Å². The number of hydrogen-bond acceptors (Lipinski definition) is 2. The molecular weight excluding hydrogens is 178 g/mol. The summed E-state index contributed by atoms with van der Waals surface area (Å²) in [4.78, 5) is 13.3. The van der Waals surface area contributed by atoms with Crippen molar-refractivity contribution < 1.29 is 4.79 Å². The molecule has 0 radical (unpaired) electrons. The SMILES string of the molecule is CCN(C[C@H](C)C#N)C(=O)NC1CC1. The van der Waals surface area contributed by atoms with E-state index in [4.69, 9.17) is 5.26 Å². The maximum atomic E-state index is 11.6. The summed E-state index contributed by atoms with van der Waals surface area (Å²) in [7, 11) is 0. The van der Waals surface area contributed by atoms with Gasteiger partial charge < -0.3 is 10.2 Å². The van der Waals surface area contributed by atoms with Crippen molar-refractivity contribution in [3.05, 3.63) is 0 Å². The quantitative estimate of drug-likeness (QED) is 0.736. The van der Waals surface area contributed by atoms with Crippen LogP contribution in [0.5, 0.6) is 0 Å². The minimum atomic E-state index is -0.0973. The summed E-state index contributed by atoms with van der Waals surface area (Å²) in [6, 6.07) is 2.48. The molecule has 4 nitrogen and oxygen atoms in total. The summed E-state index contributed by atoms with van der Waals surface area (Å²) in [5.41, 5.74) is 0. The van der Waals surface area contributed by atoms with Gasteiger partial charge >= 0.3 is 6.03 Å². The zero-order valence-corrected chi connectivity index (χ0v) is 8.79. The molecule has 0 aromatic rings. The molecule has 0 spiro atoms. The fraction of sp³-hybridized carbons (Fsp3) is 0.800. The van der Waals surface area contributed by atoms with Crippen LogP contribution < -0.4 is 5.32 Å². The second-order valence-electron chi connectivity index (χ2n) is 3.79. The van der Waals surface area contributed by atoms with Gasteiger partial charge in [0.2, 0.25) is 0 Å². The molecule has 0 saturated heterocycles. The Balaban J connectivity index is 2.35. The Hall–Kier alpha value is -1.24. The Morgan fingerprint density at radius 3 is 2.79 bits per heavy atom. The monoisotopic (exact) mass is 195 g/mol. The minimum Gasteiger partial charge on any atom is -0.335 e. The third-order valence-corrected chi connectivity index (χ3v) is 2.29. The van der Waals surface area contributed by atoms with E-state index in [-0.39, 0.29) is 11.9 Å². The van der Waals surface area contributed by atoms with Crippen LogP contribution >= 0.6 is 0 Å². The Bertz CT molecular complexity index is 242. The maximum absolute atomic E-state index is 11.6. The molecule has 1 fully saturated rings. The van der Waals surface area contributed by atoms with Gasteiger partial charge in [-0.15, -0.1) is 0 Å². The smallest absolute Gasteiger partial charge is 0.317 e. The standard InChI is InChI=1S/C10H17N3O/c1-3-13(7-8(2)6-11)10(14)12-9-4-5-9/h8-9H,3-5,7H2,1-2H3,(H,12,14)/t8-/m1/s1. The summed E-state index contributed by atoms with van der Waals surface area (Å²) >= 11 is 0. The zero-order chi connectivity index (χ0) is 10.6. The van der Waals surface area contributed by atoms with Crippen LogP contribution in [0.15, 0.2) is 0 Å². The predicted octanol–water partition coefficient (Wildman–Crippen LogP) is 1.34. The first kappa shape index (κ1) is 10.8. The van der Waals surface area contributed by atoms with Crippen LogP contribution in [0.1, 0.15) is 26.7 Å². The van der Waals surface area contributed by atoms with E-state index in [0.717, 1.165) is 12.8 Å². The molecule has 1 N–H and O–H groups in total. The van der Waals surface area contributed by atoms with Crippen LogP contribution in [0, 0.1) is 17.2 Å². The predicted molar refractivity (Wildman–Crippen MR) is 53.6 cm³/mol. The van der Waals surface area contributed by atoms with Crippen molar-refractivity contribution in [2.24, 2.45) is 5.92 Å². The lowest BCUT2D eigenvalue weighted by molar-refractivity contribution is 0.196. The number of nitriles is 1. The van der Waals surface area contributed by atoms with E-state index in [9.17, 15) is 4.79 Å². The van der Waals surface area contributed by atoms with E-state index in [1.165, 1.54) is 0 Å². The fourth-order valence-corrected chi connectivity index (χ4v) is 1.22. The molecule has 0 aromatic heterocycles. The zero-order valence-electron chi connectivity index (χ0n) is 8.79. The highest BCUT2D eigenvalue weighted by molar-refractivity contribution is 5.74. The highest BCUT2D eigenvalue weighted by Gasteiger charge is 2.25. The summed E-state index contributed by atoms with van der Waals surface area (Å²) < 4.78 is 0. The summed E-state index contributed by atoms with van der Waals surface area (Å²) in [6.07, 6.45) is 2.19. The Morgan fingerprint density at radius 1 is 1.71 bits per heavy atom. The van der Waals surface area contributed by atoms with Crippen molar-refractivity contribution in [3.8, 4) is 6.07 Å². The molecule has 0 heterocycles. The lowest BCUT2D eigenvalue weighted by atomic mass is 10.2. The Morgan fingerprint density at radius 2 is 2.36 bits per heavy atom. The minimum absolute atomic E-state index is 0.0305. The van der Waals surface area contributed by atoms with E-state index in [1.807, 2.05) is 13.8 Å². The maximum Gasteiger partial charge on any atom is 0.317 e. The number of carbonyl (C=O) groups is 1. The normalized spacial score (nSPS) is 16.9. The van der Waals surface area contributed by atoms with Gasteiger partial charge in [0, 0.05) is 19.1 Å². The largest absolute Gasteiger partial charge is 0.335 e. The molecule has 1 aliphatic carbocycles. The van der Waals surface area contributed by atoms with E-state index in [2.05, 4.69) is 11.4 Å². The summed E-state index contributed by atoms with van der Waals surface area (Å²) in [5.74, 6) is -0.0973. The Labute approximate surface area is 84.9 Å². The molecule has 0 aromatic carbocycles. The van der Waals surface area contributed by atoms with Crippen LogP contribution in [0.3, 0.4) is 0 Å². The number of rotatable bonds is 4. The molecule has 1 aliphatic rings. The number of hydrogen-bond donors (Lipinski definition) is 1. The first-order valence-corrected chi connectivity index (χ1v) is 5.12. The van der Waals surface area contributed by atoms with Gasteiger partial charge in [0.25, 0.3) is 0 Å². The first-order valence-electron chi connectivity index (χ1n) is 5.12. The third-order valence-electron chi connectivity index (χ3n) is 2.29. The van der Waals surface area contributed by atoms with Crippen molar-refractivity contribution in [1.82, 2.24) is 10.2 Å². The van der Waals surface area contributed by atoms with Crippen molar-refractivity contribution in [3.63, 3.8) is 0 Å². The van der Waals surface area contributed by atoms with Crippen molar-refractivity contribution in [1.29, 1.82) is 5.26 Å². The molecule has 78 valence electrons. The molecular formula is C10H17N3O. The highest BCUT2D eigenvalue weighted by Crippen LogP contribution is 2.18. The number of nitrogens with zero attached hydrogens (tertiary/aromatic N) is 2. The number of carbonyl (C=O) groups excluding carboxylic acids is 1. The number of nitrogens with one attached hydrogen (secondary N) is 1. The van der Waals surface area contributed by atoms with E-state index in [1.54, 1.807) is 4.90 Å². The topological polar surface area (TPSA) is 56.1 Å². The van der Waals surface area contributed by atoms with Gasteiger partial charge in [0.1, 0.15) is 0 Å². The molecule has 14 heavy (non-hydrogen) atoms. The van der Waals surface area contributed by atoms with Crippen LogP contribution in [-0.2, 0) is 0 Å². The van der Waals surface area contributed by atoms with Gasteiger partial charge in [0.15, 0.2) is 0 Å². The van der Waals surface area contributed by atoms with Gasteiger partial charge in [-0.3, -0.25) is 0 Å². The van der Waals surface area contributed by atoms with E-state index in [0.29, 0.717) is 19.1 Å². The number of urea groups is 1. The lowest BCUT2D eigenvalue weighted by Gasteiger charge is -2.22. The summed E-state index contributed by atoms with van der Waals surface area (Å²) in [5, 5.41) is 11.6.